The van der Waals surface area contributed by atoms with Gasteiger partial charge in [-0.1, -0.05) is 0 Å². The van der Waals surface area contributed by atoms with Crippen molar-refractivity contribution in [2.75, 3.05) is 30.5 Å². The van der Waals surface area contributed by atoms with E-state index >= 15 is 0 Å². The summed E-state index contributed by atoms with van der Waals surface area (Å²) in [6.45, 7) is 1.35. The van der Waals surface area contributed by atoms with Gasteiger partial charge in [-0.05, 0) is 30.3 Å². The van der Waals surface area contributed by atoms with E-state index in [2.05, 4.69) is 25.7 Å². The first-order valence-electron chi connectivity index (χ1n) is 9.72. The van der Waals surface area contributed by atoms with Crippen molar-refractivity contribution < 1.29 is 19.0 Å². The normalized spacial score (nSPS) is 12.7. The third-order valence-corrected chi connectivity index (χ3v) is 4.76. The van der Waals surface area contributed by atoms with Gasteiger partial charge in [0.2, 0.25) is 5.95 Å². The first kappa shape index (κ1) is 19.1. The lowest BCUT2D eigenvalue weighted by molar-refractivity contribution is 0.171. The second-order valence-corrected chi connectivity index (χ2v) is 6.86. The molecule has 2 aromatic carbocycles. The standard InChI is InChI=1S/C21H19FN6O3/c22-16-12-23-21(26-14-2-1-13-11-24-28(5-6-29)17(13)9-14)27-20(16)25-15-3-4-18-19(10-15)31-8-7-30-18/h1-4,9-12,29H,5-8H2,(H2,23,25,26,27). The number of aliphatic hydroxyl groups excluding tert-OH is 1. The Balaban J connectivity index is 1.38. The highest BCUT2D eigenvalue weighted by molar-refractivity contribution is 5.83. The van der Waals surface area contributed by atoms with Crippen LogP contribution >= 0.6 is 0 Å². The van der Waals surface area contributed by atoms with Gasteiger partial charge in [-0.2, -0.15) is 10.1 Å². The molecule has 2 aromatic heterocycles. The van der Waals surface area contributed by atoms with Gasteiger partial charge in [0.1, 0.15) is 13.2 Å². The highest BCUT2D eigenvalue weighted by Crippen LogP contribution is 2.33. The second-order valence-electron chi connectivity index (χ2n) is 6.86. The second kappa shape index (κ2) is 8.07. The first-order chi connectivity index (χ1) is 15.2. The van der Waals surface area contributed by atoms with Gasteiger partial charge in [-0.25, -0.2) is 9.37 Å². The zero-order chi connectivity index (χ0) is 21.2. The van der Waals surface area contributed by atoms with Crippen LogP contribution in [-0.4, -0.2) is 44.7 Å². The van der Waals surface area contributed by atoms with Crippen LogP contribution in [0.25, 0.3) is 10.9 Å². The van der Waals surface area contributed by atoms with Crippen LogP contribution in [0.2, 0.25) is 0 Å². The number of nitrogens with one attached hydrogen (secondary N) is 2. The number of nitrogens with zero attached hydrogens (tertiary/aromatic N) is 4. The van der Waals surface area contributed by atoms with E-state index in [4.69, 9.17) is 9.47 Å². The first-order valence-corrected chi connectivity index (χ1v) is 9.72. The van der Waals surface area contributed by atoms with Crippen LogP contribution in [-0.2, 0) is 6.54 Å². The molecule has 0 aliphatic carbocycles. The maximum Gasteiger partial charge on any atom is 0.229 e. The van der Waals surface area contributed by atoms with Crippen molar-refractivity contribution in [3.05, 3.63) is 54.6 Å². The molecule has 5 rings (SSSR count). The zero-order valence-electron chi connectivity index (χ0n) is 16.4. The fourth-order valence-electron chi connectivity index (χ4n) is 3.32. The average Bonchev–Trinajstić information content (AvgIpc) is 3.18. The number of fused-ring (bicyclic) bond motifs is 2. The molecule has 3 N–H and O–H groups in total. The minimum Gasteiger partial charge on any atom is -0.486 e. The Bertz CT molecular complexity index is 1250. The van der Waals surface area contributed by atoms with E-state index in [9.17, 15) is 9.50 Å². The Hall–Kier alpha value is -3.92. The molecule has 0 bridgehead atoms. The molecule has 0 atom stereocenters. The van der Waals surface area contributed by atoms with E-state index < -0.39 is 5.82 Å². The fourth-order valence-corrected chi connectivity index (χ4v) is 3.32. The number of ether oxygens (including phenoxy) is 2. The molecule has 0 unspecified atom stereocenters. The van der Waals surface area contributed by atoms with Crippen LogP contribution in [0.5, 0.6) is 11.5 Å². The van der Waals surface area contributed by atoms with Crippen LogP contribution in [0.3, 0.4) is 0 Å². The minimum atomic E-state index is -0.586. The van der Waals surface area contributed by atoms with Crippen LogP contribution < -0.4 is 20.1 Å². The summed E-state index contributed by atoms with van der Waals surface area (Å²) in [7, 11) is 0. The molecule has 31 heavy (non-hydrogen) atoms. The lowest BCUT2D eigenvalue weighted by atomic mass is 10.2. The predicted molar refractivity (Wildman–Crippen MR) is 113 cm³/mol. The highest BCUT2D eigenvalue weighted by Gasteiger charge is 2.14. The molecule has 0 saturated heterocycles. The van der Waals surface area contributed by atoms with E-state index in [0.29, 0.717) is 42.6 Å². The third kappa shape index (κ3) is 3.92. The van der Waals surface area contributed by atoms with E-state index in [-0.39, 0.29) is 18.4 Å². The molecule has 9 nitrogen and oxygen atoms in total. The van der Waals surface area contributed by atoms with Gasteiger partial charge in [0.05, 0.1) is 31.1 Å². The van der Waals surface area contributed by atoms with Crippen molar-refractivity contribution in [2.45, 2.75) is 6.54 Å². The van der Waals surface area contributed by atoms with Crippen molar-refractivity contribution >= 4 is 34.0 Å². The summed E-state index contributed by atoms with van der Waals surface area (Å²) in [6.07, 6.45) is 2.84. The molecule has 0 saturated carbocycles. The maximum absolute atomic E-state index is 14.3. The average molecular weight is 422 g/mol. The Morgan fingerprint density at radius 1 is 1.00 bits per heavy atom. The number of aliphatic hydroxyl groups is 1. The Morgan fingerprint density at radius 3 is 2.68 bits per heavy atom. The van der Waals surface area contributed by atoms with Crippen molar-refractivity contribution in [3.8, 4) is 11.5 Å². The van der Waals surface area contributed by atoms with Crippen molar-refractivity contribution in [2.24, 2.45) is 0 Å². The third-order valence-electron chi connectivity index (χ3n) is 4.76. The summed E-state index contributed by atoms with van der Waals surface area (Å²) in [6, 6.07) is 10.9. The Morgan fingerprint density at radius 2 is 1.81 bits per heavy atom. The van der Waals surface area contributed by atoms with Crippen molar-refractivity contribution in [1.29, 1.82) is 0 Å². The van der Waals surface area contributed by atoms with Crippen LogP contribution in [0.15, 0.2) is 48.8 Å². The molecule has 0 fully saturated rings. The van der Waals surface area contributed by atoms with Gasteiger partial charge in [0.25, 0.3) is 0 Å². The lowest BCUT2D eigenvalue weighted by Gasteiger charge is -2.19. The Labute approximate surface area is 176 Å². The van der Waals surface area contributed by atoms with Crippen LogP contribution in [0.4, 0.5) is 27.5 Å². The molecular weight excluding hydrogens is 403 g/mol. The van der Waals surface area contributed by atoms with Gasteiger partial charge < -0.3 is 25.2 Å². The number of anilines is 4. The molecule has 1 aliphatic rings. The monoisotopic (exact) mass is 422 g/mol. The van der Waals surface area contributed by atoms with Gasteiger partial charge in [0.15, 0.2) is 23.1 Å². The smallest absolute Gasteiger partial charge is 0.229 e. The van der Waals surface area contributed by atoms with E-state index in [1.807, 2.05) is 18.2 Å². The van der Waals surface area contributed by atoms with E-state index in [1.165, 1.54) is 0 Å². The van der Waals surface area contributed by atoms with E-state index in [0.717, 1.165) is 17.1 Å². The molecule has 3 heterocycles. The minimum absolute atomic E-state index is 0.00953. The number of hydrogen-bond donors (Lipinski definition) is 3. The fraction of sp³-hybridized carbons (Fsp3) is 0.190. The SMILES string of the molecule is OCCn1ncc2ccc(Nc3ncc(F)c(Nc4ccc5c(c4)OCCO5)n3)cc21. The van der Waals surface area contributed by atoms with Gasteiger partial charge in [0, 0.05) is 22.8 Å². The number of halogens is 1. The largest absolute Gasteiger partial charge is 0.486 e. The summed E-state index contributed by atoms with van der Waals surface area (Å²) in [4.78, 5) is 8.29. The topological polar surface area (TPSA) is 106 Å². The molecule has 0 spiro atoms. The highest BCUT2D eigenvalue weighted by atomic mass is 19.1. The molecule has 10 heteroatoms. The molecule has 158 valence electrons. The van der Waals surface area contributed by atoms with Gasteiger partial charge >= 0.3 is 0 Å². The predicted octanol–water partition coefficient (Wildman–Crippen LogP) is 3.22. The summed E-state index contributed by atoms with van der Waals surface area (Å²) in [5.74, 6) is 0.918. The number of rotatable bonds is 6. The molecule has 4 aromatic rings. The number of benzene rings is 2. The Kier molecular flexibility index (Phi) is 4.97. The number of hydrogen-bond acceptors (Lipinski definition) is 8. The molecule has 0 radical (unpaired) electrons. The molecule has 0 amide bonds. The summed E-state index contributed by atoms with van der Waals surface area (Å²) < 4.78 is 27.1. The van der Waals surface area contributed by atoms with Crippen LogP contribution in [0.1, 0.15) is 0 Å². The van der Waals surface area contributed by atoms with E-state index in [1.54, 1.807) is 29.1 Å². The number of aromatic nitrogens is 4. The van der Waals surface area contributed by atoms with Crippen LogP contribution in [0, 0.1) is 5.82 Å². The van der Waals surface area contributed by atoms with Crippen molar-refractivity contribution in [3.63, 3.8) is 0 Å². The zero-order valence-corrected chi connectivity index (χ0v) is 16.4. The quantitative estimate of drug-likeness (QED) is 0.435. The molecular formula is C21H19FN6O3. The molecule has 1 aliphatic heterocycles. The summed E-state index contributed by atoms with van der Waals surface area (Å²) in [5, 5.41) is 20.4. The van der Waals surface area contributed by atoms with Crippen molar-refractivity contribution in [1.82, 2.24) is 19.7 Å². The summed E-state index contributed by atoms with van der Waals surface area (Å²) in [5.41, 5.74) is 2.18. The lowest BCUT2D eigenvalue weighted by Crippen LogP contribution is -2.15. The van der Waals surface area contributed by atoms with Gasteiger partial charge in [-0.15, -0.1) is 0 Å². The summed E-state index contributed by atoms with van der Waals surface area (Å²) >= 11 is 0. The van der Waals surface area contributed by atoms with Gasteiger partial charge in [-0.3, -0.25) is 4.68 Å². The maximum atomic E-state index is 14.3.